The van der Waals surface area contributed by atoms with Crippen LogP contribution >= 0.6 is 11.6 Å². The number of fused-ring (bicyclic) bond motifs is 3. The van der Waals surface area contributed by atoms with E-state index in [9.17, 15) is 4.79 Å². The van der Waals surface area contributed by atoms with E-state index in [4.69, 9.17) is 16.0 Å². The molecule has 0 N–H and O–H groups in total. The molecular weight excluding hydrogens is 298 g/mol. The SMILES string of the molecule is CCN(CC)c1c2c(oc(=O)c1Cl)-c1ccccc1CCC2. The maximum atomic E-state index is 12.2. The number of hydrogen-bond acceptors (Lipinski definition) is 3. The Hall–Kier alpha value is -1.74. The molecule has 1 aromatic carbocycles. The van der Waals surface area contributed by atoms with Crippen molar-refractivity contribution in [1.82, 2.24) is 0 Å². The van der Waals surface area contributed by atoms with Crippen LogP contribution in [0.1, 0.15) is 31.4 Å². The standard InChI is InChI=1S/C18H20ClNO2/c1-3-20(4-2)16-14-11-7-9-12-8-5-6-10-13(12)17(14)22-18(21)15(16)19/h5-6,8,10H,3-4,7,9,11H2,1-2H3. The summed E-state index contributed by atoms with van der Waals surface area (Å²) in [6.07, 6.45) is 2.89. The average molecular weight is 318 g/mol. The zero-order chi connectivity index (χ0) is 15.7. The molecule has 0 saturated carbocycles. The molecule has 0 spiro atoms. The molecule has 0 fully saturated rings. The highest BCUT2D eigenvalue weighted by Gasteiger charge is 2.25. The first-order chi connectivity index (χ1) is 10.7. The lowest BCUT2D eigenvalue weighted by Crippen LogP contribution is -2.26. The number of nitrogens with zero attached hydrogens (tertiary/aromatic N) is 1. The van der Waals surface area contributed by atoms with Gasteiger partial charge in [0.2, 0.25) is 0 Å². The summed E-state index contributed by atoms with van der Waals surface area (Å²) in [5.41, 5.74) is 3.74. The van der Waals surface area contributed by atoms with E-state index in [-0.39, 0.29) is 5.02 Å². The van der Waals surface area contributed by atoms with Crippen LogP contribution in [-0.2, 0) is 12.8 Å². The van der Waals surface area contributed by atoms with Crippen LogP contribution in [0.3, 0.4) is 0 Å². The molecule has 22 heavy (non-hydrogen) atoms. The van der Waals surface area contributed by atoms with Crippen LogP contribution in [0, 0.1) is 0 Å². The van der Waals surface area contributed by atoms with Gasteiger partial charge >= 0.3 is 5.63 Å². The van der Waals surface area contributed by atoms with E-state index in [1.807, 2.05) is 18.2 Å². The molecule has 1 aromatic heterocycles. The minimum absolute atomic E-state index is 0.210. The van der Waals surface area contributed by atoms with Crippen molar-refractivity contribution in [2.45, 2.75) is 33.1 Å². The Kier molecular flexibility index (Phi) is 4.25. The van der Waals surface area contributed by atoms with Crippen molar-refractivity contribution in [2.24, 2.45) is 0 Å². The Morgan fingerprint density at radius 2 is 1.91 bits per heavy atom. The molecule has 3 rings (SSSR count). The van der Waals surface area contributed by atoms with Crippen molar-refractivity contribution in [3.05, 3.63) is 50.8 Å². The summed E-state index contributed by atoms with van der Waals surface area (Å²) in [5.74, 6) is 0.699. The van der Waals surface area contributed by atoms with Crippen LogP contribution in [0.25, 0.3) is 11.3 Å². The minimum Gasteiger partial charge on any atom is -0.421 e. The molecule has 0 amide bonds. The fourth-order valence-electron chi connectivity index (χ4n) is 3.27. The maximum absolute atomic E-state index is 12.2. The Bertz CT molecular complexity index is 747. The number of rotatable bonds is 3. The third-order valence-electron chi connectivity index (χ3n) is 4.36. The molecule has 0 unspecified atom stereocenters. The summed E-state index contributed by atoms with van der Waals surface area (Å²) < 4.78 is 5.60. The largest absolute Gasteiger partial charge is 0.421 e. The Labute approximate surface area is 135 Å². The summed E-state index contributed by atoms with van der Waals surface area (Å²) in [6.45, 7) is 5.78. The predicted molar refractivity (Wildman–Crippen MR) is 91.0 cm³/mol. The molecule has 0 saturated heterocycles. The number of aryl methyl sites for hydroxylation is 1. The van der Waals surface area contributed by atoms with Gasteiger partial charge in [-0.3, -0.25) is 0 Å². The van der Waals surface area contributed by atoms with Crippen molar-refractivity contribution >= 4 is 17.3 Å². The first kappa shape index (κ1) is 15.2. The zero-order valence-corrected chi connectivity index (χ0v) is 13.7. The molecule has 1 heterocycles. The van der Waals surface area contributed by atoms with E-state index in [0.717, 1.165) is 49.2 Å². The van der Waals surface area contributed by atoms with E-state index >= 15 is 0 Å². The van der Waals surface area contributed by atoms with Gasteiger partial charge in [0.25, 0.3) is 0 Å². The highest BCUT2D eigenvalue weighted by atomic mass is 35.5. The second-order valence-electron chi connectivity index (χ2n) is 5.54. The molecule has 3 nitrogen and oxygen atoms in total. The molecule has 1 aliphatic rings. The summed E-state index contributed by atoms with van der Waals surface area (Å²) >= 11 is 6.31. The van der Waals surface area contributed by atoms with Crippen molar-refractivity contribution in [2.75, 3.05) is 18.0 Å². The van der Waals surface area contributed by atoms with Crippen LogP contribution in [0.15, 0.2) is 33.5 Å². The van der Waals surface area contributed by atoms with Crippen molar-refractivity contribution in [1.29, 1.82) is 0 Å². The van der Waals surface area contributed by atoms with Gasteiger partial charge in [-0.15, -0.1) is 0 Å². The summed E-state index contributed by atoms with van der Waals surface area (Å²) in [4.78, 5) is 14.4. The quantitative estimate of drug-likeness (QED) is 0.846. The van der Waals surface area contributed by atoms with Gasteiger partial charge in [0, 0.05) is 24.2 Å². The number of anilines is 1. The molecule has 0 aliphatic heterocycles. The second kappa shape index (κ2) is 6.17. The number of halogens is 1. The second-order valence-corrected chi connectivity index (χ2v) is 5.92. The van der Waals surface area contributed by atoms with Crippen LogP contribution in [0.4, 0.5) is 5.69 Å². The summed E-state index contributed by atoms with van der Waals surface area (Å²) in [5, 5.41) is 0.210. The van der Waals surface area contributed by atoms with E-state index in [0.29, 0.717) is 5.76 Å². The van der Waals surface area contributed by atoms with E-state index in [1.165, 1.54) is 5.56 Å². The topological polar surface area (TPSA) is 33.5 Å². The number of benzene rings is 1. The van der Waals surface area contributed by atoms with Crippen molar-refractivity contribution in [3.8, 4) is 11.3 Å². The fraction of sp³-hybridized carbons (Fsp3) is 0.389. The van der Waals surface area contributed by atoms with E-state index < -0.39 is 5.63 Å². The van der Waals surface area contributed by atoms with E-state index in [1.54, 1.807) is 0 Å². The molecule has 1 aliphatic carbocycles. The van der Waals surface area contributed by atoms with Crippen LogP contribution in [0.5, 0.6) is 0 Å². The Morgan fingerprint density at radius 3 is 2.64 bits per heavy atom. The predicted octanol–water partition coefficient (Wildman–Crippen LogP) is 4.30. The Morgan fingerprint density at radius 1 is 1.18 bits per heavy atom. The lowest BCUT2D eigenvalue weighted by molar-refractivity contribution is 0.519. The third-order valence-corrected chi connectivity index (χ3v) is 4.69. The normalized spacial score (nSPS) is 13.2. The van der Waals surface area contributed by atoms with Gasteiger partial charge < -0.3 is 9.32 Å². The van der Waals surface area contributed by atoms with Gasteiger partial charge in [0.1, 0.15) is 10.8 Å². The molecule has 0 radical (unpaired) electrons. The first-order valence-corrected chi connectivity index (χ1v) is 8.23. The third kappa shape index (κ3) is 2.44. The van der Waals surface area contributed by atoms with Gasteiger partial charge in [-0.25, -0.2) is 4.79 Å². The van der Waals surface area contributed by atoms with Crippen LogP contribution in [0.2, 0.25) is 5.02 Å². The maximum Gasteiger partial charge on any atom is 0.357 e. The van der Waals surface area contributed by atoms with Crippen LogP contribution < -0.4 is 10.5 Å². The first-order valence-electron chi connectivity index (χ1n) is 7.86. The lowest BCUT2D eigenvalue weighted by atomic mass is 10.0. The monoisotopic (exact) mass is 317 g/mol. The molecule has 0 bridgehead atoms. The average Bonchev–Trinajstić information content (AvgIpc) is 2.71. The van der Waals surface area contributed by atoms with Crippen molar-refractivity contribution in [3.63, 3.8) is 0 Å². The van der Waals surface area contributed by atoms with Crippen molar-refractivity contribution < 1.29 is 4.42 Å². The summed E-state index contributed by atoms with van der Waals surface area (Å²) in [7, 11) is 0. The minimum atomic E-state index is -0.445. The van der Waals surface area contributed by atoms with Gasteiger partial charge in [-0.2, -0.15) is 0 Å². The van der Waals surface area contributed by atoms with Gasteiger partial charge in [-0.05, 0) is 38.7 Å². The fourth-order valence-corrected chi connectivity index (χ4v) is 3.54. The molecule has 2 aromatic rings. The Balaban J connectivity index is 2.33. The van der Waals surface area contributed by atoms with Crippen LogP contribution in [-0.4, -0.2) is 13.1 Å². The van der Waals surface area contributed by atoms with Gasteiger partial charge in [0.05, 0.1) is 5.69 Å². The highest BCUT2D eigenvalue weighted by Crippen LogP contribution is 2.39. The molecule has 116 valence electrons. The molecule has 0 atom stereocenters. The molecule has 4 heteroatoms. The highest BCUT2D eigenvalue weighted by molar-refractivity contribution is 6.33. The smallest absolute Gasteiger partial charge is 0.357 e. The summed E-state index contributed by atoms with van der Waals surface area (Å²) in [6, 6.07) is 8.15. The lowest BCUT2D eigenvalue weighted by Gasteiger charge is -2.25. The van der Waals surface area contributed by atoms with Gasteiger partial charge in [0.15, 0.2) is 0 Å². The number of hydrogen-bond donors (Lipinski definition) is 0. The molecular formula is C18H20ClNO2. The zero-order valence-electron chi connectivity index (χ0n) is 13.0. The van der Waals surface area contributed by atoms with Gasteiger partial charge in [-0.1, -0.05) is 35.9 Å². The van der Waals surface area contributed by atoms with E-state index in [2.05, 4.69) is 24.8 Å².